The Morgan fingerprint density at radius 3 is 2.91 bits per heavy atom. The number of H-pyrrole nitrogens is 1. The highest BCUT2D eigenvalue weighted by Crippen LogP contribution is 2.19. The maximum absolute atomic E-state index is 13.7. The summed E-state index contributed by atoms with van der Waals surface area (Å²) in [6.07, 6.45) is 5.17. The van der Waals surface area contributed by atoms with Crippen molar-refractivity contribution in [1.82, 2.24) is 35.3 Å². The van der Waals surface area contributed by atoms with E-state index in [9.17, 15) is 4.39 Å². The van der Waals surface area contributed by atoms with Crippen LogP contribution in [0.2, 0.25) is 0 Å². The highest BCUT2D eigenvalue weighted by Gasteiger charge is 2.22. The average Bonchev–Trinajstić information content (AvgIpc) is 3.50. The number of aliphatic imine (C=N–C) groups is 1. The van der Waals surface area contributed by atoms with Crippen LogP contribution in [0.3, 0.4) is 0 Å². The van der Waals surface area contributed by atoms with Gasteiger partial charge in [0.15, 0.2) is 11.8 Å². The van der Waals surface area contributed by atoms with E-state index in [4.69, 9.17) is 4.99 Å². The van der Waals surface area contributed by atoms with E-state index in [2.05, 4.69) is 37.6 Å². The molecule has 1 unspecified atom stereocenters. The number of likely N-dealkylation sites (N-methyl/N-ethyl adjacent to an activating group) is 1. The number of hydrogen-bond acceptors (Lipinski definition) is 4. The van der Waals surface area contributed by atoms with Gasteiger partial charge in [0.25, 0.3) is 0 Å². The molecule has 1 atom stereocenters. The first-order valence-electron chi connectivity index (χ1n) is 11.4. The van der Waals surface area contributed by atoms with E-state index in [1.807, 2.05) is 24.7 Å². The summed E-state index contributed by atoms with van der Waals surface area (Å²) in [5.74, 6) is 2.24. The number of aryl methyl sites for hydroxylation is 1. The Labute approximate surface area is 211 Å². The van der Waals surface area contributed by atoms with Crippen LogP contribution in [0.5, 0.6) is 0 Å². The summed E-state index contributed by atoms with van der Waals surface area (Å²) in [6.45, 7) is 8.38. The first-order chi connectivity index (χ1) is 15.5. The maximum Gasteiger partial charge on any atom is 0.191 e. The molecular weight excluding hydrogens is 534 g/mol. The second-order valence-electron chi connectivity index (χ2n) is 8.37. The molecule has 33 heavy (non-hydrogen) atoms. The molecule has 1 aliphatic rings. The van der Waals surface area contributed by atoms with Gasteiger partial charge in [-0.25, -0.2) is 9.38 Å². The third-order valence-corrected chi connectivity index (χ3v) is 6.39. The normalized spacial score (nSPS) is 16.8. The number of aromatic amines is 1. The highest BCUT2D eigenvalue weighted by molar-refractivity contribution is 14.0. The molecule has 180 valence electrons. The number of nitrogens with zero attached hydrogens (tertiary/aromatic N) is 5. The number of aromatic nitrogens is 4. The van der Waals surface area contributed by atoms with E-state index in [1.165, 1.54) is 18.9 Å². The fraction of sp³-hybridized carbons (Fsp3) is 0.522. The molecule has 1 aliphatic heterocycles. The van der Waals surface area contributed by atoms with E-state index >= 15 is 0 Å². The molecule has 3 aromatic rings. The Balaban J connectivity index is 0.00000306. The monoisotopic (exact) mass is 568 g/mol. The van der Waals surface area contributed by atoms with Crippen LogP contribution < -0.4 is 10.6 Å². The van der Waals surface area contributed by atoms with Gasteiger partial charge >= 0.3 is 0 Å². The van der Waals surface area contributed by atoms with Crippen molar-refractivity contribution in [2.75, 3.05) is 26.2 Å². The second kappa shape index (κ2) is 11.8. The van der Waals surface area contributed by atoms with Gasteiger partial charge < -0.3 is 20.2 Å². The maximum atomic E-state index is 13.7. The van der Waals surface area contributed by atoms with E-state index in [1.54, 1.807) is 12.1 Å². The number of benzene rings is 1. The number of hydrogen-bond donors (Lipinski definition) is 3. The zero-order valence-electron chi connectivity index (χ0n) is 19.6. The van der Waals surface area contributed by atoms with Gasteiger partial charge in [0.2, 0.25) is 0 Å². The minimum absolute atomic E-state index is 0. The van der Waals surface area contributed by atoms with Crippen molar-refractivity contribution in [2.45, 2.75) is 45.7 Å². The van der Waals surface area contributed by atoms with Gasteiger partial charge in [-0.2, -0.15) is 0 Å². The first-order valence-corrected chi connectivity index (χ1v) is 11.4. The summed E-state index contributed by atoms with van der Waals surface area (Å²) >= 11 is 0. The number of rotatable bonds is 8. The lowest BCUT2D eigenvalue weighted by molar-refractivity contribution is 0.267. The smallest absolute Gasteiger partial charge is 0.191 e. The lowest BCUT2D eigenvalue weighted by Gasteiger charge is -2.24. The van der Waals surface area contributed by atoms with Gasteiger partial charge in [-0.3, -0.25) is 4.90 Å². The topological polar surface area (TPSA) is 86.2 Å². The van der Waals surface area contributed by atoms with Gasteiger partial charge in [-0.05, 0) is 63.0 Å². The lowest BCUT2D eigenvalue weighted by Crippen LogP contribution is -2.45. The van der Waals surface area contributed by atoms with Gasteiger partial charge in [-0.1, -0.05) is 6.92 Å². The quantitative estimate of drug-likeness (QED) is 0.221. The van der Waals surface area contributed by atoms with Crippen LogP contribution in [0.15, 0.2) is 29.4 Å². The predicted molar refractivity (Wildman–Crippen MR) is 141 cm³/mol. The predicted octanol–water partition coefficient (Wildman–Crippen LogP) is 3.12. The van der Waals surface area contributed by atoms with Gasteiger partial charge in [0.1, 0.15) is 18.2 Å². The van der Waals surface area contributed by atoms with Gasteiger partial charge in [0.05, 0.1) is 0 Å². The molecule has 0 amide bonds. The zero-order valence-corrected chi connectivity index (χ0v) is 21.9. The third-order valence-electron chi connectivity index (χ3n) is 6.39. The molecule has 3 heterocycles. The number of guanidine groups is 1. The Hall–Kier alpha value is -2.21. The summed E-state index contributed by atoms with van der Waals surface area (Å²) in [7, 11) is 1.95. The van der Waals surface area contributed by atoms with Crippen LogP contribution in [-0.4, -0.2) is 62.8 Å². The van der Waals surface area contributed by atoms with E-state index in [0.29, 0.717) is 19.1 Å². The third kappa shape index (κ3) is 6.23. The minimum Gasteiger partial charge on any atom is -0.361 e. The Bertz CT molecular complexity index is 1080. The molecule has 1 fully saturated rings. The summed E-state index contributed by atoms with van der Waals surface area (Å²) in [5, 5.41) is 16.2. The van der Waals surface area contributed by atoms with Gasteiger partial charge in [-0.15, -0.1) is 34.2 Å². The Morgan fingerprint density at radius 1 is 1.30 bits per heavy atom. The molecule has 0 bridgehead atoms. The van der Waals surface area contributed by atoms with Crippen molar-refractivity contribution >= 4 is 40.8 Å². The van der Waals surface area contributed by atoms with Crippen LogP contribution >= 0.6 is 24.0 Å². The minimum atomic E-state index is -0.216. The standard InChI is InChI=1S/C23H33FN8.HI/c1-4-32-11-5-6-19(32)14-27-23(28-15-22-30-29-16(2)31(22)3)25-10-9-17-13-26-21-8-7-18(24)12-20(17)21;/h7-8,12-13,19,26H,4-6,9-11,14-15H2,1-3H3,(H2,25,27,28);1H. The van der Waals surface area contributed by atoms with Crippen molar-refractivity contribution in [1.29, 1.82) is 0 Å². The SMILES string of the molecule is CCN1CCCC1CNC(=NCc1nnc(C)n1C)NCCc1c[nH]c2ccc(F)cc12.I. The van der Waals surface area contributed by atoms with Crippen molar-refractivity contribution in [3.63, 3.8) is 0 Å². The Morgan fingerprint density at radius 2 is 2.15 bits per heavy atom. The molecule has 1 aromatic carbocycles. The molecule has 10 heteroatoms. The fourth-order valence-corrected chi connectivity index (χ4v) is 4.34. The molecular formula is C23H34FIN8. The van der Waals surface area contributed by atoms with Crippen LogP contribution in [0.4, 0.5) is 4.39 Å². The molecule has 0 spiro atoms. The van der Waals surface area contributed by atoms with Crippen molar-refractivity contribution in [3.05, 3.63) is 47.4 Å². The molecule has 2 aromatic heterocycles. The van der Waals surface area contributed by atoms with Crippen LogP contribution in [0, 0.1) is 12.7 Å². The number of fused-ring (bicyclic) bond motifs is 1. The van der Waals surface area contributed by atoms with Gasteiger partial charge in [0, 0.05) is 43.3 Å². The summed E-state index contributed by atoms with van der Waals surface area (Å²) in [6, 6.07) is 5.37. The molecule has 4 rings (SSSR count). The van der Waals surface area contributed by atoms with Crippen LogP contribution in [0.25, 0.3) is 10.9 Å². The fourth-order valence-electron chi connectivity index (χ4n) is 4.34. The molecule has 1 saturated heterocycles. The van der Waals surface area contributed by atoms with E-state index in [0.717, 1.165) is 60.1 Å². The summed E-state index contributed by atoms with van der Waals surface area (Å²) < 4.78 is 15.6. The van der Waals surface area contributed by atoms with E-state index in [-0.39, 0.29) is 29.8 Å². The second-order valence-corrected chi connectivity index (χ2v) is 8.37. The lowest BCUT2D eigenvalue weighted by atomic mass is 10.1. The largest absolute Gasteiger partial charge is 0.361 e. The number of halogens is 2. The molecule has 3 N–H and O–H groups in total. The average molecular weight is 568 g/mol. The van der Waals surface area contributed by atoms with Crippen molar-refractivity contribution < 1.29 is 4.39 Å². The molecule has 0 saturated carbocycles. The molecule has 8 nitrogen and oxygen atoms in total. The molecule has 0 radical (unpaired) electrons. The van der Waals surface area contributed by atoms with Crippen molar-refractivity contribution in [3.8, 4) is 0 Å². The first kappa shape index (κ1) is 25.4. The summed E-state index contributed by atoms with van der Waals surface area (Å²) in [5.41, 5.74) is 2.04. The van der Waals surface area contributed by atoms with Crippen LogP contribution in [-0.2, 0) is 20.0 Å². The van der Waals surface area contributed by atoms with Crippen molar-refractivity contribution in [2.24, 2.45) is 12.0 Å². The summed E-state index contributed by atoms with van der Waals surface area (Å²) in [4.78, 5) is 10.5. The van der Waals surface area contributed by atoms with E-state index < -0.39 is 0 Å². The number of likely N-dealkylation sites (tertiary alicyclic amines) is 1. The molecule has 0 aliphatic carbocycles. The Kier molecular flexibility index (Phi) is 9.07. The highest BCUT2D eigenvalue weighted by atomic mass is 127. The zero-order chi connectivity index (χ0) is 22.5. The van der Waals surface area contributed by atoms with Crippen LogP contribution in [0.1, 0.15) is 37.0 Å². The number of nitrogens with one attached hydrogen (secondary N) is 3.